The summed E-state index contributed by atoms with van der Waals surface area (Å²) in [7, 11) is 0. The second-order valence-corrected chi connectivity index (χ2v) is 6.65. The Kier molecular flexibility index (Phi) is 9.21. The van der Waals surface area contributed by atoms with E-state index in [1.807, 2.05) is 0 Å². The highest BCUT2D eigenvalue weighted by Crippen LogP contribution is 2.17. The number of carboxylic acids is 1. The maximum Gasteiger partial charge on any atom is 0.432 e. The van der Waals surface area contributed by atoms with Crippen LogP contribution in [0.3, 0.4) is 0 Å². The highest BCUT2D eigenvalue weighted by atomic mass is 19.4. The highest BCUT2D eigenvalue weighted by molar-refractivity contribution is 6.02. The number of alkyl carbamates (subject to hydrolysis) is 1. The number of allylic oxidation sites excluding steroid dienone is 4. The van der Waals surface area contributed by atoms with Gasteiger partial charge in [0.25, 0.3) is 0 Å². The molecule has 1 amide bonds. The zero-order chi connectivity index (χ0) is 22.1. The molecule has 0 saturated heterocycles. The molecule has 0 spiro atoms. The molecule has 0 aromatic rings. The van der Waals surface area contributed by atoms with Crippen LogP contribution in [0.2, 0.25) is 0 Å². The van der Waals surface area contributed by atoms with Crippen molar-refractivity contribution in [3.63, 3.8) is 0 Å². The largest absolute Gasteiger partial charge is 0.477 e. The summed E-state index contributed by atoms with van der Waals surface area (Å²) in [4.78, 5) is 22.5. The third-order valence-electron chi connectivity index (χ3n) is 2.71. The van der Waals surface area contributed by atoms with Gasteiger partial charge in [-0.25, -0.2) is 9.59 Å². The highest BCUT2D eigenvalue weighted by Gasteiger charge is 2.33. The van der Waals surface area contributed by atoms with Gasteiger partial charge in [0.2, 0.25) is 0 Å². The zero-order valence-electron chi connectivity index (χ0n) is 16.0. The van der Waals surface area contributed by atoms with Crippen LogP contribution in [0.5, 0.6) is 0 Å². The van der Waals surface area contributed by atoms with E-state index in [0.717, 1.165) is 5.57 Å². The molecule has 10 heteroatoms. The maximum absolute atomic E-state index is 12.3. The number of hydrogen-bond donors (Lipinski definition) is 4. The van der Waals surface area contributed by atoms with Gasteiger partial charge in [-0.2, -0.15) is 13.2 Å². The van der Waals surface area contributed by atoms with Gasteiger partial charge >= 0.3 is 18.2 Å². The molecule has 28 heavy (non-hydrogen) atoms. The molecule has 0 saturated carbocycles. The Labute approximate surface area is 161 Å². The summed E-state index contributed by atoms with van der Waals surface area (Å²) in [5.41, 5.74) is -2.55. The average molecular weight is 403 g/mol. The molecule has 0 bridgehead atoms. The van der Waals surface area contributed by atoms with Crippen molar-refractivity contribution >= 4 is 17.8 Å². The van der Waals surface area contributed by atoms with Crippen molar-refractivity contribution in [3.05, 3.63) is 47.9 Å². The molecule has 0 rings (SSSR count). The molecule has 0 aromatic carbocycles. The molecular weight excluding hydrogens is 379 g/mol. The Morgan fingerprint density at radius 1 is 1.25 bits per heavy atom. The Bertz CT molecular complexity index is 715. The summed E-state index contributed by atoms with van der Waals surface area (Å²) in [5.74, 6) is -1.67. The van der Waals surface area contributed by atoms with Gasteiger partial charge in [-0.1, -0.05) is 24.3 Å². The van der Waals surface area contributed by atoms with Crippen LogP contribution in [-0.2, 0) is 9.53 Å². The van der Waals surface area contributed by atoms with E-state index in [1.165, 1.54) is 12.2 Å². The average Bonchev–Trinajstić information content (AvgIpc) is 2.49. The van der Waals surface area contributed by atoms with E-state index < -0.39 is 35.2 Å². The number of amides is 1. The smallest absolute Gasteiger partial charge is 0.432 e. The minimum Gasteiger partial charge on any atom is -0.477 e. The van der Waals surface area contributed by atoms with Crippen molar-refractivity contribution in [2.24, 2.45) is 0 Å². The predicted molar refractivity (Wildman–Crippen MR) is 98.9 cm³/mol. The molecular formula is C18H24F3N3O4. The van der Waals surface area contributed by atoms with E-state index in [2.05, 4.69) is 17.2 Å². The van der Waals surface area contributed by atoms with E-state index in [4.69, 9.17) is 15.3 Å². The van der Waals surface area contributed by atoms with Crippen molar-refractivity contribution in [1.29, 1.82) is 5.41 Å². The second kappa shape index (κ2) is 10.3. The lowest BCUT2D eigenvalue weighted by atomic mass is 10.2. The van der Waals surface area contributed by atoms with Gasteiger partial charge < -0.3 is 20.5 Å². The van der Waals surface area contributed by atoms with Crippen LogP contribution < -0.4 is 10.6 Å². The van der Waals surface area contributed by atoms with E-state index >= 15 is 0 Å². The van der Waals surface area contributed by atoms with E-state index in [0.29, 0.717) is 0 Å². The first-order valence-corrected chi connectivity index (χ1v) is 7.99. The van der Waals surface area contributed by atoms with Gasteiger partial charge in [0.05, 0.1) is 0 Å². The number of carbonyl (C=O) groups is 2. The van der Waals surface area contributed by atoms with Crippen LogP contribution >= 0.6 is 0 Å². The molecule has 0 atom stereocenters. The number of aliphatic carboxylic acids is 1. The van der Waals surface area contributed by atoms with Crippen molar-refractivity contribution in [2.45, 2.75) is 39.5 Å². The minimum absolute atomic E-state index is 0.00669. The lowest BCUT2D eigenvalue weighted by Crippen LogP contribution is -2.33. The van der Waals surface area contributed by atoms with Crippen LogP contribution in [-0.4, -0.2) is 41.2 Å². The Balaban J connectivity index is 4.79. The van der Waals surface area contributed by atoms with Gasteiger partial charge in [0.15, 0.2) is 0 Å². The van der Waals surface area contributed by atoms with Crippen molar-refractivity contribution < 1.29 is 32.6 Å². The third-order valence-corrected chi connectivity index (χ3v) is 2.71. The number of carbonyl (C=O) groups excluding carboxylic acids is 1. The summed E-state index contributed by atoms with van der Waals surface area (Å²) in [6.45, 7) is 10.6. The molecule has 0 aliphatic rings. The predicted octanol–water partition coefficient (Wildman–Crippen LogP) is 3.67. The standard InChI is InChI=1S/C18H24F3N3O4/c1-11(10-23-16(27)28-17(3,4)5)7-6-8-12(2)24-13(15(25)26)9-14(22)18(19,20)21/h6-9,22,24H,2,10H2,1,3-5H3,(H,23,27)(H,25,26)/b8-6-,11-7+,13-9-,22-14?. The number of carboxylic acid groups (broad SMARTS) is 1. The molecule has 0 aromatic heterocycles. The SMILES string of the molecule is C=C(/C=C\C=C(/C)CNC(=O)OC(C)(C)C)N/C(=C\C(=N)C(F)(F)F)C(=O)O. The van der Waals surface area contributed by atoms with E-state index in [-0.39, 0.29) is 18.3 Å². The lowest BCUT2D eigenvalue weighted by molar-refractivity contribution is -0.133. The summed E-state index contributed by atoms with van der Waals surface area (Å²) in [6.07, 6.45) is -1.00. The van der Waals surface area contributed by atoms with Crippen molar-refractivity contribution in [3.8, 4) is 0 Å². The summed E-state index contributed by atoms with van der Waals surface area (Å²) in [5, 5.41) is 20.5. The first-order chi connectivity index (χ1) is 12.6. The molecule has 4 N–H and O–H groups in total. The molecule has 0 unspecified atom stereocenters. The van der Waals surface area contributed by atoms with Gasteiger partial charge in [-0.3, -0.25) is 5.41 Å². The maximum atomic E-state index is 12.3. The van der Waals surface area contributed by atoms with Crippen LogP contribution in [0.4, 0.5) is 18.0 Å². The normalized spacial score (nSPS) is 13.2. The zero-order valence-corrected chi connectivity index (χ0v) is 16.0. The van der Waals surface area contributed by atoms with Crippen molar-refractivity contribution in [2.75, 3.05) is 6.54 Å². The lowest BCUT2D eigenvalue weighted by Gasteiger charge is -2.19. The van der Waals surface area contributed by atoms with Crippen LogP contribution in [0.15, 0.2) is 47.9 Å². The van der Waals surface area contributed by atoms with Crippen LogP contribution in [0.25, 0.3) is 0 Å². The molecule has 156 valence electrons. The molecule has 0 radical (unpaired) electrons. The summed E-state index contributed by atoms with van der Waals surface area (Å²) in [6, 6.07) is 0. The fraction of sp³-hybridized carbons (Fsp3) is 0.389. The molecule has 0 heterocycles. The first kappa shape index (κ1) is 25.0. The number of nitrogens with one attached hydrogen (secondary N) is 3. The molecule has 7 nitrogen and oxygen atoms in total. The number of hydrogen-bond acceptors (Lipinski definition) is 5. The molecule has 0 aliphatic heterocycles. The molecule has 0 fully saturated rings. The van der Waals surface area contributed by atoms with E-state index in [9.17, 15) is 22.8 Å². The van der Waals surface area contributed by atoms with Crippen LogP contribution in [0.1, 0.15) is 27.7 Å². The number of halogens is 3. The second-order valence-electron chi connectivity index (χ2n) is 6.65. The van der Waals surface area contributed by atoms with Gasteiger partial charge in [-0.05, 0) is 39.8 Å². The quantitative estimate of drug-likeness (QED) is 0.281. The van der Waals surface area contributed by atoms with Gasteiger partial charge in [0, 0.05) is 12.2 Å². The number of rotatable bonds is 8. The van der Waals surface area contributed by atoms with Gasteiger partial charge in [-0.15, -0.1) is 0 Å². The number of alkyl halides is 3. The van der Waals surface area contributed by atoms with Crippen LogP contribution in [0, 0.1) is 5.41 Å². The fourth-order valence-corrected chi connectivity index (χ4v) is 1.51. The monoisotopic (exact) mass is 403 g/mol. The van der Waals surface area contributed by atoms with Gasteiger partial charge in [0.1, 0.15) is 17.0 Å². The van der Waals surface area contributed by atoms with E-state index in [1.54, 1.807) is 33.8 Å². The minimum atomic E-state index is -4.96. The summed E-state index contributed by atoms with van der Waals surface area (Å²) >= 11 is 0. The Hall–Kier alpha value is -3.04. The Morgan fingerprint density at radius 3 is 2.29 bits per heavy atom. The summed E-state index contributed by atoms with van der Waals surface area (Å²) < 4.78 is 42.1. The Morgan fingerprint density at radius 2 is 1.82 bits per heavy atom. The third kappa shape index (κ3) is 11.6. The first-order valence-electron chi connectivity index (χ1n) is 7.99. The fourth-order valence-electron chi connectivity index (χ4n) is 1.51. The topological polar surface area (TPSA) is 112 Å². The number of ether oxygens (including phenoxy) is 1. The molecule has 0 aliphatic carbocycles. The van der Waals surface area contributed by atoms with Crippen molar-refractivity contribution in [1.82, 2.24) is 10.6 Å².